The van der Waals surface area contributed by atoms with Crippen LogP contribution in [0.25, 0.3) is 15.8 Å². The topological polar surface area (TPSA) is 78.7 Å². The fourth-order valence-corrected chi connectivity index (χ4v) is 4.27. The number of amidine groups is 1. The molecule has 6 nitrogen and oxygen atoms in total. The van der Waals surface area contributed by atoms with Gasteiger partial charge >= 0.3 is 0 Å². The third kappa shape index (κ3) is 2.40. The van der Waals surface area contributed by atoms with Gasteiger partial charge < -0.3 is 19.5 Å². The lowest BCUT2D eigenvalue weighted by Crippen LogP contribution is -2.26. The first-order valence-corrected chi connectivity index (χ1v) is 9.01. The van der Waals surface area contributed by atoms with E-state index in [2.05, 4.69) is 4.98 Å². The number of rotatable bonds is 3. The minimum atomic E-state index is 0.190. The Kier molecular flexibility index (Phi) is 3.36. The maximum atomic E-state index is 10.5. The number of nitrogens with zero attached hydrogens (tertiary/aromatic N) is 2. The van der Waals surface area contributed by atoms with Crippen LogP contribution in [0, 0.1) is 5.41 Å². The van der Waals surface area contributed by atoms with Crippen molar-refractivity contribution in [1.82, 2.24) is 9.88 Å². The second-order valence-electron chi connectivity index (χ2n) is 6.20. The predicted molar refractivity (Wildman–Crippen MR) is 99.9 cm³/mol. The molecule has 130 valence electrons. The van der Waals surface area contributed by atoms with E-state index < -0.39 is 0 Å². The van der Waals surface area contributed by atoms with E-state index in [1.54, 1.807) is 0 Å². The summed E-state index contributed by atoms with van der Waals surface area (Å²) in [5.74, 6) is 1.94. The number of aliphatic hydroxyl groups excluding tert-OH is 1. The van der Waals surface area contributed by atoms with Gasteiger partial charge in [-0.05, 0) is 29.8 Å². The molecular formula is C19H15N3O3S. The highest BCUT2D eigenvalue weighted by atomic mass is 32.1. The molecule has 2 aromatic carbocycles. The zero-order chi connectivity index (χ0) is 17.7. The summed E-state index contributed by atoms with van der Waals surface area (Å²) in [6.45, 7) is 1.05. The van der Waals surface area contributed by atoms with E-state index in [0.717, 1.165) is 27.3 Å². The minimum absolute atomic E-state index is 0.190. The number of benzene rings is 2. The van der Waals surface area contributed by atoms with Crippen LogP contribution in [0.5, 0.6) is 11.5 Å². The van der Waals surface area contributed by atoms with Gasteiger partial charge in [0.25, 0.3) is 0 Å². The van der Waals surface area contributed by atoms with Crippen molar-refractivity contribution in [3.8, 4) is 11.5 Å². The van der Waals surface area contributed by atoms with Crippen LogP contribution in [0.1, 0.15) is 10.6 Å². The zero-order valence-electron chi connectivity index (χ0n) is 13.7. The monoisotopic (exact) mass is 365 g/mol. The number of hydrogen-bond acceptors (Lipinski definition) is 6. The van der Waals surface area contributed by atoms with Gasteiger partial charge in [0.15, 0.2) is 11.5 Å². The predicted octanol–water partition coefficient (Wildman–Crippen LogP) is 3.79. The van der Waals surface area contributed by atoms with Crippen LogP contribution in [0.3, 0.4) is 0 Å². The molecule has 26 heavy (non-hydrogen) atoms. The lowest BCUT2D eigenvalue weighted by molar-refractivity contribution is 0.174. The van der Waals surface area contributed by atoms with E-state index >= 15 is 0 Å². The molecule has 0 saturated heterocycles. The molecule has 0 aliphatic carbocycles. The molecule has 2 aliphatic rings. The van der Waals surface area contributed by atoms with Crippen LogP contribution in [-0.2, 0) is 6.54 Å². The number of para-hydroxylation sites is 1. The Labute approximate surface area is 153 Å². The molecule has 1 aromatic heterocycles. The van der Waals surface area contributed by atoms with Gasteiger partial charge in [-0.1, -0.05) is 18.2 Å². The number of thiazole rings is 1. The molecule has 0 atom stereocenters. The second-order valence-corrected chi connectivity index (χ2v) is 7.23. The number of ether oxygens (including phenoxy) is 2. The Bertz CT molecular complexity index is 1040. The van der Waals surface area contributed by atoms with E-state index in [9.17, 15) is 5.11 Å². The Hall–Kier alpha value is -3.06. The SMILES string of the molecule is N=C1C(c2nc3ccccc3s2)=C(O)CN1Cc1ccc2c(c1)OCO2. The molecule has 0 radical (unpaired) electrons. The van der Waals surface area contributed by atoms with Crippen molar-refractivity contribution < 1.29 is 14.6 Å². The minimum Gasteiger partial charge on any atom is -0.510 e. The molecule has 0 saturated carbocycles. The standard InChI is InChI=1S/C19H15N3O3S/c20-18-17(19-21-12-3-1-2-4-16(12)26-19)13(23)9-22(18)8-11-5-6-14-15(7-11)25-10-24-14/h1-7,20,23H,8-10H2. The number of hydrogen-bond donors (Lipinski definition) is 2. The number of fused-ring (bicyclic) bond motifs is 2. The van der Waals surface area contributed by atoms with Crippen molar-refractivity contribution in [2.45, 2.75) is 6.54 Å². The second kappa shape index (κ2) is 5.74. The summed E-state index contributed by atoms with van der Waals surface area (Å²) in [5.41, 5.74) is 2.40. The number of aliphatic hydroxyl groups is 1. The summed E-state index contributed by atoms with van der Waals surface area (Å²) < 4.78 is 11.8. The first-order valence-electron chi connectivity index (χ1n) is 8.19. The number of aromatic nitrogens is 1. The maximum absolute atomic E-state index is 10.5. The number of nitrogens with one attached hydrogen (secondary N) is 1. The van der Waals surface area contributed by atoms with E-state index in [0.29, 0.717) is 29.5 Å². The molecule has 2 N–H and O–H groups in total. The summed E-state index contributed by atoms with van der Waals surface area (Å²) in [6.07, 6.45) is 0. The van der Waals surface area contributed by atoms with E-state index in [1.807, 2.05) is 47.4 Å². The van der Waals surface area contributed by atoms with Gasteiger partial charge in [0, 0.05) is 6.54 Å². The fraction of sp³-hybridized carbons (Fsp3) is 0.158. The Morgan fingerprint density at radius 1 is 1.15 bits per heavy atom. The summed E-state index contributed by atoms with van der Waals surface area (Å²) >= 11 is 1.49. The summed E-state index contributed by atoms with van der Waals surface area (Å²) in [4.78, 5) is 6.41. The molecule has 0 bridgehead atoms. The van der Waals surface area contributed by atoms with Crippen LogP contribution in [0.15, 0.2) is 48.2 Å². The smallest absolute Gasteiger partial charge is 0.231 e. The molecular weight excluding hydrogens is 350 g/mol. The van der Waals surface area contributed by atoms with Gasteiger partial charge in [-0.2, -0.15) is 0 Å². The van der Waals surface area contributed by atoms with Crippen molar-refractivity contribution >= 4 is 33.0 Å². The van der Waals surface area contributed by atoms with E-state index in [1.165, 1.54) is 11.3 Å². The quantitative estimate of drug-likeness (QED) is 0.738. The molecule has 3 aromatic rings. The van der Waals surface area contributed by atoms with Gasteiger partial charge in [0.2, 0.25) is 6.79 Å². The summed E-state index contributed by atoms with van der Waals surface area (Å²) in [7, 11) is 0. The van der Waals surface area contributed by atoms with Gasteiger partial charge in [-0.15, -0.1) is 11.3 Å². The third-order valence-electron chi connectivity index (χ3n) is 4.50. The van der Waals surface area contributed by atoms with Crippen LogP contribution < -0.4 is 9.47 Å². The molecule has 0 spiro atoms. The van der Waals surface area contributed by atoms with Gasteiger partial charge in [0.05, 0.1) is 22.3 Å². The largest absolute Gasteiger partial charge is 0.510 e. The zero-order valence-corrected chi connectivity index (χ0v) is 14.5. The van der Waals surface area contributed by atoms with Crippen LogP contribution >= 0.6 is 11.3 Å². The lowest BCUT2D eigenvalue weighted by atomic mass is 10.2. The highest BCUT2D eigenvalue weighted by molar-refractivity contribution is 7.19. The van der Waals surface area contributed by atoms with Gasteiger partial charge in [-0.3, -0.25) is 5.41 Å². The van der Waals surface area contributed by atoms with Crippen molar-refractivity contribution in [2.75, 3.05) is 13.3 Å². The van der Waals surface area contributed by atoms with Crippen molar-refractivity contribution in [3.05, 3.63) is 58.8 Å². The normalized spacial score (nSPS) is 16.2. The molecule has 5 rings (SSSR count). The molecule has 3 heterocycles. The summed E-state index contributed by atoms with van der Waals surface area (Å²) in [6, 6.07) is 13.6. The Morgan fingerprint density at radius 2 is 2.00 bits per heavy atom. The molecule has 0 fully saturated rings. The van der Waals surface area contributed by atoms with Gasteiger partial charge in [0.1, 0.15) is 16.6 Å². The average molecular weight is 365 g/mol. The third-order valence-corrected chi connectivity index (χ3v) is 5.55. The van der Waals surface area contributed by atoms with E-state index in [-0.39, 0.29) is 12.6 Å². The van der Waals surface area contributed by atoms with Crippen molar-refractivity contribution in [2.24, 2.45) is 0 Å². The lowest BCUT2D eigenvalue weighted by Gasteiger charge is -2.18. The summed E-state index contributed by atoms with van der Waals surface area (Å²) in [5, 5.41) is 19.7. The molecule has 0 unspecified atom stereocenters. The van der Waals surface area contributed by atoms with Crippen molar-refractivity contribution in [1.29, 1.82) is 5.41 Å². The molecule has 0 amide bonds. The molecule has 2 aliphatic heterocycles. The highest BCUT2D eigenvalue weighted by Crippen LogP contribution is 2.35. The molecule has 7 heteroatoms. The van der Waals surface area contributed by atoms with Crippen LogP contribution in [0.4, 0.5) is 0 Å². The van der Waals surface area contributed by atoms with Crippen LogP contribution in [0.2, 0.25) is 0 Å². The Balaban J connectivity index is 1.41. The first kappa shape index (κ1) is 15.2. The maximum Gasteiger partial charge on any atom is 0.231 e. The van der Waals surface area contributed by atoms with Crippen LogP contribution in [-0.4, -0.2) is 34.2 Å². The highest BCUT2D eigenvalue weighted by Gasteiger charge is 2.30. The van der Waals surface area contributed by atoms with Crippen molar-refractivity contribution in [3.63, 3.8) is 0 Å². The average Bonchev–Trinajstić information content (AvgIpc) is 3.32. The van der Waals surface area contributed by atoms with E-state index in [4.69, 9.17) is 14.9 Å². The van der Waals surface area contributed by atoms with Gasteiger partial charge in [-0.25, -0.2) is 4.98 Å². The Morgan fingerprint density at radius 3 is 2.88 bits per heavy atom. The fourth-order valence-electron chi connectivity index (χ4n) is 3.23. The first-order chi connectivity index (χ1) is 12.7.